The fraction of sp³-hybridized carbons (Fsp3) is 0.143. The number of hydrogen-bond acceptors (Lipinski definition) is 4. The van der Waals surface area contributed by atoms with Crippen LogP contribution < -0.4 is 0 Å². The minimum atomic E-state index is -4.38. The summed E-state index contributed by atoms with van der Waals surface area (Å²) in [6.45, 7) is -1.20. The summed E-state index contributed by atoms with van der Waals surface area (Å²) in [6.07, 6.45) is -0.488. The number of aromatic carboxylic acids is 1. The number of halogens is 3. The van der Waals surface area contributed by atoms with E-state index in [-0.39, 0.29) is 11.1 Å². The van der Waals surface area contributed by atoms with E-state index in [1.54, 1.807) is 0 Å². The lowest BCUT2D eigenvalue weighted by Gasteiger charge is -2.07. The summed E-state index contributed by atoms with van der Waals surface area (Å²) >= 11 is 0. The molecule has 0 spiro atoms. The molecular weight excluding hydrogens is 313 g/mol. The molecule has 0 unspecified atom stereocenters. The van der Waals surface area contributed by atoms with E-state index in [4.69, 9.17) is 5.11 Å². The van der Waals surface area contributed by atoms with Crippen molar-refractivity contribution in [2.24, 2.45) is 0 Å². The quantitative estimate of drug-likeness (QED) is 0.802. The molecule has 3 rings (SSSR count). The van der Waals surface area contributed by atoms with Crippen molar-refractivity contribution in [3.05, 3.63) is 42.4 Å². The molecule has 0 amide bonds. The molecular formula is C14H9F3N4O2. The highest BCUT2D eigenvalue weighted by Crippen LogP contribution is 2.24. The molecule has 0 atom stereocenters. The summed E-state index contributed by atoms with van der Waals surface area (Å²) in [5, 5.41) is 13.1. The van der Waals surface area contributed by atoms with Crippen LogP contribution in [0.5, 0.6) is 0 Å². The lowest BCUT2D eigenvalue weighted by Crippen LogP contribution is -2.18. The minimum Gasteiger partial charge on any atom is -0.478 e. The molecule has 3 aromatic heterocycles. The van der Waals surface area contributed by atoms with E-state index in [9.17, 15) is 18.0 Å². The number of hydrogen-bond donors (Lipinski definition) is 1. The second-order valence-electron chi connectivity index (χ2n) is 4.78. The lowest BCUT2D eigenvalue weighted by atomic mass is 10.1. The molecule has 0 fully saturated rings. The molecule has 3 aromatic rings. The second-order valence-corrected chi connectivity index (χ2v) is 4.78. The molecule has 9 heteroatoms. The van der Waals surface area contributed by atoms with Gasteiger partial charge in [0, 0.05) is 11.6 Å². The Balaban J connectivity index is 2.01. The van der Waals surface area contributed by atoms with Crippen molar-refractivity contribution < 1.29 is 23.1 Å². The third-order valence-electron chi connectivity index (χ3n) is 3.13. The topological polar surface area (TPSA) is 80.9 Å². The molecule has 0 saturated heterocycles. The summed E-state index contributed by atoms with van der Waals surface area (Å²) in [6, 6.07) is 4.20. The molecule has 0 aliphatic carbocycles. The SMILES string of the molecule is O=C(O)c1ccnc(-c2cc3cnn(CC(F)(F)F)c3cn2)c1. The Morgan fingerprint density at radius 1 is 1.17 bits per heavy atom. The number of carboxylic acids is 1. The first-order valence-electron chi connectivity index (χ1n) is 6.41. The second kappa shape index (κ2) is 5.34. The highest BCUT2D eigenvalue weighted by Gasteiger charge is 2.29. The summed E-state index contributed by atoms with van der Waals surface area (Å²) < 4.78 is 38.2. The minimum absolute atomic E-state index is 0.0460. The molecule has 0 bridgehead atoms. The predicted molar refractivity (Wildman–Crippen MR) is 73.8 cm³/mol. The predicted octanol–water partition coefficient (Wildman–Crippen LogP) is 2.75. The average molecular weight is 322 g/mol. The fourth-order valence-electron chi connectivity index (χ4n) is 2.12. The number of nitrogens with zero attached hydrogens (tertiary/aromatic N) is 4. The third-order valence-corrected chi connectivity index (χ3v) is 3.13. The van der Waals surface area contributed by atoms with Crippen LogP contribution in [0.2, 0.25) is 0 Å². The van der Waals surface area contributed by atoms with Crippen LogP contribution in [-0.4, -0.2) is 37.0 Å². The largest absolute Gasteiger partial charge is 0.478 e. The zero-order valence-electron chi connectivity index (χ0n) is 11.4. The molecule has 1 N–H and O–H groups in total. The molecule has 23 heavy (non-hydrogen) atoms. The van der Waals surface area contributed by atoms with Gasteiger partial charge in [-0.15, -0.1) is 0 Å². The molecule has 0 aliphatic rings. The number of alkyl halides is 3. The van der Waals surface area contributed by atoms with Crippen LogP contribution in [0.3, 0.4) is 0 Å². The molecule has 0 aliphatic heterocycles. The zero-order chi connectivity index (χ0) is 16.6. The van der Waals surface area contributed by atoms with Gasteiger partial charge in [0.25, 0.3) is 0 Å². The van der Waals surface area contributed by atoms with Gasteiger partial charge < -0.3 is 5.11 Å². The van der Waals surface area contributed by atoms with Gasteiger partial charge in [0.1, 0.15) is 6.54 Å². The van der Waals surface area contributed by atoms with Crippen molar-refractivity contribution >= 4 is 16.9 Å². The highest BCUT2D eigenvalue weighted by molar-refractivity contribution is 5.89. The van der Waals surface area contributed by atoms with Crippen molar-refractivity contribution in [1.29, 1.82) is 0 Å². The van der Waals surface area contributed by atoms with Crippen molar-refractivity contribution in [2.75, 3.05) is 0 Å². The van der Waals surface area contributed by atoms with Crippen LogP contribution in [0.25, 0.3) is 22.3 Å². The number of carboxylic acid groups (broad SMARTS) is 1. The van der Waals surface area contributed by atoms with Gasteiger partial charge in [-0.25, -0.2) is 4.79 Å². The van der Waals surface area contributed by atoms with Crippen LogP contribution in [0.1, 0.15) is 10.4 Å². The third kappa shape index (κ3) is 3.12. The Morgan fingerprint density at radius 2 is 1.91 bits per heavy atom. The summed E-state index contributed by atoms with van der Waals surface area (Å²) in [5.74, 6) is -1.10. The van der Waals surface area contributed by atoms with Crippen LogP contribution in [0.15, 0.2) is 36.8 Å². The van der Waals surface area contributed by atoms with E-state index in [0.29, 0.717) is 16.8 Å². The Bertz CT molecular complexity index is 889. The normalized spacial score (nSPS) is 11.8. The lowest BCUT2D eigenvalue weighted by molar-refractivity contribution is -0.141. The van der Waals surface area contributed by atoms with E-state index >= 15 is 0 Å². The van der Waals surface area contributed by atoms with Crippen LogP contribution in [0.4, 0.5) is 13.2 Å². The van der Waals surface area contributed by atoms with E-state index in [1.165, 1.54) is 36.8 Å². The number of aromatic nitrogens is 4. The first kappa shape index (κ1) is 14.9. The van der Waals surface area contributed by atoms with Crippen molar-refractivity contribution in [3.63, 3.8) is 0 Å². The van der Waals surface area contributed by atoms with Crippen LogP contribution in [0, 0.1) is 0 Å². The van der Waals surface area contributed by atoms with E-state index in [0.717, 1.165) is 4.68 Å². The fourth-order valence-corrected chi connectivity index (χ4v) is 2.12. The molecule has 118 valence electrons. The Kier molecular flexibility index (Phi) is 3.47. The van der Waals surface area contributed by atoms with Gasteiger partial charge in [0.2, 0.25) is 0 Å². The summed E-state index contributed by atoms with van der Waals surface area (Å²) in [7, 11) is 0. The molecule has 0 saturated carbocycles. The van der Waals surface area contributed by atoms with E-state index in [2.05, 4.69) is 15.1 Å². The van der Waals surface area contributed by atoms with Crippen molar-refractivity contribution in [2.45, 2.75) is 12.7 Å². The zero-order valence-corrected chi connectivity index (χ0v) is 11.4. The molecule has 6 nitrogen and oxygen atoms in total. The maximum atomic E-state index is 12.5. The molecule has 0 aromatic carbocycles. The van der Waals surface area contributed by atoms with Crippen molar-refractivity contribution in [1.82, 2.24) is 19.7 Å². The number of carbonyl (C=O) groups is 1. The van der Waals surface area contributed by atoms with Gasteiger partial charge >= 0.3 is 12.1 Å². The monoisotopic (exact) mass is 322 g/mol. The number of rotatable bonds is 3. The van der Waals surface area contributed by atoms with Gasteiger partial charge in [-0.2, -0.15) is 18.3 Å². The van der Waals surface area contributed by atoms with E-state index < -0.39 is 18.7 Å². The van der Waals surface area contributed by atoms with Gasteiger partial charge in [-0.3, -0.25) is 14.6 Å². The number of fused-ring (bicyclic) bond motifs is 1. The summed E-state index contributed by atoms with van der Waals surface area (Å²) in [4.78, 5) is 19.1. The smallest absolute Gasteiger partial charge is 0.408 e. The standard InChI is InChI=1S/C14H9F3N4O2/c15-14(16,17)7-21-12-6-19-11(4-9(12)5-20-21)10-3-8(13(22)23)1-2-18-10/h1-6H,7H2,(H,22,23). The Morgan fingerprint density at radius 3 is 2.61 bits per heavy atom. The van der Waals surface area contributed by atoms with Gasteiger partial charge in [-0.1, -0.05) is 0 Å². The van der Waals surface area contributed by atoms with Crippen molar-refractivity contribution in [3.8, 4) is 11.4 Å². The molecule has 0 radical (unpaired) electrons. The van der Waals surface area contributed by atoms with Gasteiger partial charge in [-0.05, 0) is 18.2 Å². The molecule has 3 heterocycles. The average Bonchev–Trinajstić information content (AvgIpc) is 2.88. The Labute approximate surface area is 127 Å². The van der Waals surface area contributed by atoms with Gasteiger partial charge in [0.15, 0.2) is 0 Å². The van der Waals surface area contributed by atoms with Crippen LogP contribution in [-0.2, 0) is 6.54 Å². The first-order chi connectivity index (χ1) is 10.8. The highest BCUT2D eigenvalue weighted by atomic mass is 19.4. The van der Waals surface area contributed by atoms with E-state index in [1.807, 2.05) is 0 Å². The Hall–Kier alpha value is -2.97. The maximum absolute atomic E-state index is 12.5. The maximum Gasteiger partial charge on any atom is 0.408 e. The van der Waals surface area contributed by atoms with Gasteiger partial charge in [0.05, 0.1) is 34.9 Å². The number of pyridine rings is 2. The summed E-state index contributed by atoms with van der Waals surface area (Å²) in [5.41, 5.74) is 0.952. The van der Waals surface area contributed by atoms with Crippen LogP contribution >= 0.6 is 0 Å². The first-order valence-corrected chi connectivity index (χ1v) is 6.41.